The van der Waals surface area contributed by atoms with E-state index in [2.05, 4.69) is 33.7 Å². The highest BCUT2D eigenvalue weighted by atomic mass is 32.1. The van der Waals surface area contributed by atoms with E-state index in [-0.39, 0.29) is 12.3 Å². The average Bonchev–Trinajstić information content (AvgIpc) is 3.31. The number of hydrogen-bond acceptors (Lipinski definition) is 5. The molecule has 0 unspecified atom stereocenters. The molecule has 0 saturated carbocycles. The van der Waals surface area contributed by atoms with E-state index < -0.39 is 0 Å². The first kappa shape index (κ1) is 16.0. The van der Waals surface area contributed by atoms with Crippen LogP contribution in [0.2, 0.25) is 0 Å². The van der Waals surface area contributed by atoms with Crippen LogP contribution in [0.3, 0.4) is 0 Å². The summed E-state index contributed by atoms with van der Waals surface area (Å²) >= 11 is 1.44. The number of benzene rings is 1. The Labute approximate surface area is 150 Å². The third kappa shape index (κ3) is 3.22. The fourth-order valence-corrected chi connectivity index (χ4v) is 4.01. The lowest BCUT2D eigenvalue weighted by molar-refractivity contribution is -0.115. The van der Waals surface area contributed by atoms with Crippen molar-refractivity contribution in [3.8, 4) is 11.3 Å². The molecule has 1 amide bonds. The second kappa shape index (κ2) is 6.44. The zero-order valence-corrected chi connectivity index (χ0v) is 15.1. The number of carbonyl (C=O) groups excluding carboxylic acids is 1. The molecule has 0 bridgehead atoms. The number of aromatic nitrogens is 2. The number of rotatable bonds is 4. The summed E-state index contributed by atoms with van der Waals surface area (Å²) < 4.78 is 5.10. The van der Waals surface area contributed by atoms with Crippen LogP contribution in [0, 0.1) is 13.8 Å². The highest BCUT2D eigenvalue weighted by Crippen LogP contribution is 2.30. The Bertz CT molecular complexity index is 923. The lowest BCUT2D eigenvalue weighted by Crippen LogP contribution is -2.15. The van der Waals surface area contributed by atoms with Crippen LogP contribution in [0.15, 0.2) is 28.1 Å². The summed E-state index contributed by atoms with van der Waals surface area (Å²) in [4.78, 5) is 16.8. The molecule has 2 heterocycles. The maximum Gasteiger partial charge on any atom is 0.230 e. The standard InChI is InChI=1S/C19H19N3O2S/c1-11-16(12(2)24-22-11)9-18(23)21-19-20-17(10-25-19)15-7-6-13-4-3-5-14(13)8-15/h6-8,10H,3-5,9H2,1-2H3,(H,20,21,23). The zero-order chi connectivity index (χ0) is 17.4. The summed E-state index contributed by atoms with van der Waals surface area (Å²) in [6, 6.07) is 6.55. The normalized spacial score (nSPS) is 13.0. The highest BCUT2D eigenvalue weighted by Gasteiger charge is 2.16. The van der Waals surface area contributed by atoms with Gasteiger partial charge in [0.15, 0.2) is 5.13 Å². The lowest BCUT2D eigenvalue weighted by Gasteiger charge is -2.03. The first-order valence-corrected chi connectivity index (χ1v) is 9.27. The van der Waals surface area contributed by atoms with Gasteiger partial charge >= 0.3 is 0 Å². The van der Waals surface area contributed by atoms with E-state index in [1.54, 1.807) is 0 Å². The van der Waals surface area contributed by atoms with Crippen LogP contribution in [0.5, 0.6) is 0 Å². The molecule has 1 aromatic carbocycles. The predicted octanol–water partition coefficient (Wildman–Crippen LogP) is 4.08. The van der Waals surface area contributed by atoms with E-state index in [9.17, 15) is 4.79 Å². The molecule has 4 rings (SSSR count). The van der Waals surface area contributed by atoms with Gasteiger partial charge in [-0.2, -0.15) is 0 Å². The van der Waals surface area contributed by atoms with E-state index in [0.717, 1.165) is 28.9 Å². The van der Waals surface area contributed by atoms with Crippen LogP contribution >= 0.6 is 11.3 Å². The van der Waals surface area contributed by atoms with Crippen LogP contribution in [0.1, 0.15) is 34.6 Å². The number of hydrogen-bond donors (Lipinski definition) is 1. The molecule has 3 aromatic rings. The van der Waals surface area contributed by atoms with Gasteiger partial charge in [0.05, 0.1) is 17.8 Å². The van der Waals surface area contributed by atoms with E-state index in [4.69, 9.17) is 4.52 Å². The van der Waals surface area contributed by atoms with Crippen molar-refractivity contribution in [2.45, 2.75) is 39.5 Å². The Kier molecular flexibility index (Phi) is 4.13. The van der Waals surface area contributed by atoms with E-state index >= 15 is 0 Å². The second-order valence-electron chi connectivity index (χ2n) is 6.40. The Balaban J connectivity index is 1.47. The van der Waals surface area contributed by atoms with Gasteiger partial charge in [-0.05, 0) is 50.3 Å². The fourth-order valence-electron chi connectivity index (χ4n) is 3.27. The molecule has 0 atom stereocenters. The predicted molar refractivity (Wildman–Crippen MR) is 97.9 cm³/mol. The third-order valence-corrected chi connectivity index (χ3v) is 5.42. The summed E-state index contributed by atoms with van der Waals surface area (Å²) in [5.41, 5.74) is 6.50. The maximum atomic E-state index is 12.3. The Morgan fingerprint density at radius 3 is 2.92 bits per heavy atom. The monoisotopic (exact) mass is 353 g/mol. The Morgan fingerprint density at radius 2 is 2.12 bits per heavy atom. The number of carbonyl (C=O) groups is 1. The number of nitrogens with zero attached hydrogens (tertiary/aromatic N) is 2. The molecule has 6 heteroatoms. The molecule has 1 aliphatic rings. The fraction of sp³-hybridized carbons (Fsp3) is 0.316. The first-order valence-electron chi connectivity index (χ1n) is 8.39. The number of fused-ring (bicyclic) bond motifs is 1. The van der Waals surface area contributed by atoms with Crippen LogP contribution in [-0.4, -0.2) is 16.0 Å². The third-order valence-electron chi connectivity index (χ3n) is 4.66. The summed E-state index contributed by atoms with van der Waals surface area (Å²) in [5.74, 6) is 0.579. The molecule has 128 valence electrons. The number of anilines is 1. The van der Waals surface area contributed by atoms with Crippen LogP contribution < -0.4 is 5.32 Å². The van der Waals surface area contributed by atoms with Gasteiger partial charge < -0.3 is 9.84 Å². The minimum atomic E-state index is -0.107. The van der Waals surface area contributed by atoms with Crippen molar-refractivity contribution in [3.05, 3.63) is 51.7 Å². The number of aryl methyl sites for hydroxylation is 4. The number of amides is 1. The first-order chi connectivity index (χ1) is 12.1. The van der Waals surface area contributed by atoms with Crippen molar-refractivity contribution in [3.63, 3.8) is 0 Å². The summed E-state index contributed by atoms with van der Waals surface area (Å²) in [6.45, 7) is 3.66. The highest BCUT2D eigenvalue weighted by molar-refractivity contribution is 7.14. The Morgan fingerprint density at radius 1 is 1.28 bits per heavy atom. The zero-order valence-electron chi connectivity index (χ0n) is 14.3. The molecule has 25 heavy (non-hydrogen) atoms. The molecule has 0 radical (unpaired) electrons. The minimum Gasteiger partial charge on any atom is -0.361 e. The summed E-state index contributed by atoms with van der Waals surface area (Å²) in [5, 5.41) is 9.36. The number of nitrogens with one attached hydrogen (secondary N) is 1. The van der Waals surface area contributed by atoms with Gasteiger partial charge in [0.1, 0.15) is 5.76 Å². The van der Waals surface area contributed by atoms with Gasteiger partial charge in [0.2, 0.25) is 5.91 Å². The van der Waals surface area contributed by atoms with Gasteiger partial charge in [-0.15, -0.1) is 11.3 Å². The Hall–Kier alpha value is -2.47. The van der Waals surface area contributed by atoms with Gasteiger partial charge in [-0.1, -0.05) is 17.3 Å². The van der Waals surface area contributed by atoms with Crippen molar-refractivity contribution in [2.75, 3.05) is 5.32 Å². The average molecular weight is 353 g/mol. The summed E-state index contributed by atoms with van der Waals surface area (Å²) in [6.07, 6.45) is 3.80. The molecule has 5 nitrogen and oxygen atoms in total. The quantitative estimate of drug-likeness (QED) is 0.767. The lowest BCUT2D eigenvalue weighted by atomic mass is 10.1. The maximum absolute atomic E-state index is 12.3. The molecule has 1 aliphatic carbocycles. The van der Waals surface area contributed by atoms with Gasteiger partial charge in [0, 0.05) is 16.5 Å². The largest absolute Gasteiger partial charge is 0.361 e. The topological polar surface area (TPSA) is 68.0 Å². The van der Waals surface area contributed by atoms with E-state index in [0.29, 0.717) is 10.9 Å². The van der Waals surface area contributed by atoms with Crippen molar-refractivity contribution in [1.29, 1.82) is 0 Å². The molecular weight excluding hydrogens is 334 g/mol. The van der Waals surface area contributed by atoms with Crippen molar-refractivity contribution in [1.82, 2.24) is 10.1 Å². The van der Waals surface area contributed by atoms with Crippen molar-refractivity contribution in [2.24, 2.45) is 0 Å². The second-order valence-corrected chi connectivity index (χ2v) is 7.26. The van der Waals surface area contributed by atoms with E-state index in [1.165, 1.54) is 35.3 Å². The number of thiazole rings is 1. The molecule has 0 fully saturated rings. The van der Waals surface area contributed by atoms with Crippen molar-refractivity contribution >= 4 is 22.4 Å². The minimum absolute atomic E-state index is 0.107. The molecule has 1 N–H and O–H groups in total. The molecule has 0 aliphatic heterocycles. The molecule has 0 saturated heterocycles. The molecule has 0 spiro atoms. The van der Waals surface area contributed by atoms with E-state index in [1.807, 2.05) is 19.2 Å². The van der Waals surface area contributed by atoms with Crippen molar-refractivity contribution < 1.29 is 9.32 Å². The van der Waals surface area contributed by atoms with Crippen LogP contribution in [-0.2, 0) is 24.1 Å². The van der Waals surface area contributed by atoms with Gasteiger partial charge in [-0.3, -0.25) is 4.79 Å². The van der Waals surface area contributed by atoms with Gasteiger partial charge in [-0.25, -0.2) is 4.98 Å². The summed E-state index contributed by atoms with van der Waals surface area (Å²) in [7, 11) is 0. The van der Waals surface area contributed by atoms with Crippen LogP contribution in [0.25, 0.3) is 11.3 Å². The van der Waals surface area contributed by atoms with Gasteiger partial charge in [0.25, 0.3) is 0 Å². The molecular formula is C19H19N3O2S. The molecule has 2 aromatic heterocycles. The van der Waals surface area contributed by atoms with Crippen LogP contribution in [0.4, 0.5) is 5.13 Å². The SMILES string of the molecule is Cc1noc(C)c1CC(=O)Nc1nc(-c2ccc3c(c2)CCC3)cs1. The smallest absolute Gasteiger partial charge is 0.230 e.